The summed E-state index contributed by atoms with van der Waals surface area (Å²) in [5.74, 6) is 0.198. The second-order valence-corrected chi connectivity index (χ2v) is 3.47. The molecule has 0 unspecified atom stereocenters. The van der Waals surface area contributed by atoms with Crippen LogP contribution in [0.5, 0.6) is 0 Å². The van der Waals surface area contributed by atoms with Crippen LogP contribution >= 0.6 is 11.8 Å². The molecular formula is C5H9NO2S. The molecule has 1 heterocycles. The highest BCUT2D eigenvalue weighted by Crippen LogP contribution is 2.33. The van der Waals surface area contributed by atoms with Gasteiger partial charge in [-0.25, -0.2) is 0 Å². The summed E-state index contributed by atoms with van der Waals surface area (Å²) in [6, 6.07) is -0.648. The zero-order valence-corrected chi connectivity index (χ0v) is 5.73. The molecule has 1 aliphatic rings. The third-order valence-corrected chi connectivity index (χ3v) is 2.23. The SMILES string of the molecule is N[C@@H](C[C@@H]1CS1)C(=O)O. The monoisotopic (exact) mass is 147 g/mol. The lowest BCUT2D eigenvalue weighted by Crippen LogP contribution is -2.31. The van der Waals surface area contributed by atoms with E-state index in [-0.39, 0.29) is 0 Å². The minimum absolute atomic E-state index is 0.524. The molecule has 3 N–H and O–H groups in total. The largest absolute Gasteiger partial charge is 0.480 e. The Morgan fingerprint density at radius 3 is 2.89 bits per heavy atom. The highest BCUT2D eigenvalue weighted by Gasteiger charge is 2.27. The van der Waals surface area contributed by atoms with Gasteiger partial charge in [-0.1, -0.05) is 0 Å². The van der Waals surface area contributed by atoms with Crippen LogP contribution in [0.3, 0.4) is 0 Å². The average molecular weight is 147 g/mol. The van der Waals surface area contributed by atoms with Crippen molar-refractivity contribution in [2.24, 2.45) is 5.73 Å². The van der Waals surface area contributed by atoms with Crippen LogP contribution in [0, 0.1) is 0 Å². The molecule has 1 saturated heterocycles. The van der Waals surface area contributed by atoms with Crippen LogP contribution < -0.4 is 5.73 Å². The molecule has 0 spiro atoms. The second kappa shape index (κ2) is 2.58. The topological polar surface area (TPSA) is 63.3 Å². The summed E-state index contributed by atoms with van der Waals surface area (Å²) in [5.41, 5.74) is 5.24. The Morgan fingerprint density at radius 1 is 2.00 bits per heavy atom. The average Bonchev–Trinajstić information content (AvgIpc) is 2.50. The normalized spacial score (nSPS) is 27.4. The van der Waals surface area contributed by atoms with Crippen LogP contribution in [0.15, 0.2) is 0 Å². The standard InChI is InChI=1S/C5H9NO2S/c6-4(5(7)8)1-3-2-9-3/h3-4H,1-2,6H2,(H,7,8)/t3-,4+/m1/s1. The number of rotatable bonds is 3. The Hall–Kier alpha value is -0.220. The van der Waals surface area contributed by atoms with Crippen LogP contribution in [-0.4, -0.2) is 28.1 Å². The van der Waals surface area contributed by atoms with E-state index >= 15 is 0 Å². The lowest BCUT2D eigenvalue weighted by atomic mass is 10.2. The first-order chi connectivity index (χ1) is 4.20. The van der Waals surface area contributed by atoms with E-state index < -0.39 is 12.0 Å². The molecule has 1 fully saturated rings. The number of aliphatic carboxylic acids is 1. The maximum Gasteiger partial charge on any atom is 0.320 e. The van der Waals surface area contributed by atoms with Gasteiger partial charge >= 0.3 is 5.97 Å². The number of carbonyl (C=O) groups is 1. The molecule has 2 atom stereocenters. The lowest BCUT2D eigenvalue weighted by Gasteiger charge is -2.01. The first kappa shape index (κ1) is 6.89. The first-order valence-corrected chi connectivity index (χ1v) is 3.85. The minimum atomic E-state index is -0.887. The van der Waals surface area contributed by atoms with Crippen molar-refractivity contribution in [1.82, 2.24) is 0 Å². The number of nitrogens with two attached hydrogens (primary N) is 1. The zero-order chi connectivity index (χ0) is 6.85. The highest BCUT2D eigenvalue weighted by molar-refractivity contribution is 8.06. The summed E-state index contributed by atoms with van der Waals surface area (Å²) in [5, 5.41) is 8.85. The maximum atomic E-state index is 10.1. The van der Waals surface area contributed by atoms with Gasteiger partial charge in [0.2, 0.25) is 0 Å². The summed E-state index contributed by atoms with van der Waals surface area (Å²) >= 11 is 1.77. The molecule has 0 aromatic rings. The van der Waals surface area contributed by atoms with E-state index in [4.69, 9.17) is 10.8 Å². The van der Waals surface area contributed by atoms with E-state index in [2.05, 4.69) is 0 Å². The predicted octanol–water partition coefficient (Wildman–Crippen LogP) is -0.0962. The van der Waals surface area contributed by atoms with Gasteiger partial charge in [0, 0.05) is 11.0 Å². The molecule has 1 rings (SSSR count). The number of thioether (sulfide) groups is 1. The van der Waals surface area contributed by atoms with E-state index in [0.29, 0.717) is 11.7 Å². The van der Waals surface area contributed by atoms with Gasteiger partial charge < -0.3 is 10.8 Å². The molecule has 9 heavy (non-hydrogen) atoms. The van der Waals surface area contributed by atoms with E-state index in [9.17, 15) is 4.79 Å². The quantitative estimate of drug-likeness (QED) is 0.547. The second-order valence-electron chi connectivity index (χ2n) is 2.14. The Kier molecular flexibility index (Phi) is 1.97. The first-order valence-electron chi connectivity index (χ1n) is 2.80. The summed E-state index contributed by atoms with van der Waals surface area (Å²) in [6.45, 7) is 0. The summed E-state index contributed by atoms with van der Waals surface area (Å²) < 4.78 is 0. The molecule has 0 aromatic heterocycles. The Bertz CT molecular complexity index is 124. The molecule has 0 radical (unpaired) electrons. The van der Waals surface area contributed by atoms with E-state index in [1.165, 1.54) is 0 Å². The van der Waals surface area contributed by atoms with E-state index in [0.717, 1.165) is 5.75 Å². The number of hydrogen-bond acceptors (Lipinski definition) is 3. The van der Waals surface area contributed by atoms with Gasteiger partial charge in [-0.2, -0.15) is 11.8 Å². The van der Waals surface area contributed by atoms with Gasteiger partial charge in [0.1, 0.15) is 6.04 Å². The molecule has 0 amide bonds. The highest BCUT2D eigenvalue weighted by atomic mass is 32.2. The smallest absolute Gasteiger partial charge is 0.320 e. The third-order valence-electron chi connectivity index (χ3n) is 1.24. The van der Waals surface area contributed by atoms with Crippen LogP contribution in [0.1, 0.15) is 6.42 Å². The van der Waals surface area contributed by atoms with Crippen molar-refractivity contribution >= 4 is 17.7 Å². The third kappa shape index (κ3) is 2.24. The van der Waals surface area contributed by atoms with Crippen molar-refractivity contribution in [2.75, 3.05) is 5.75 Å². The van der Waals surface area contributed by atoms with Crippen LogP contribution in [-0.2, 0) is 4.79 Å². The molecule has 3 nitrogen and oxygen atoms in total. The maximum absolute atomic E-state index is 10.1. The molecular weight excluding hydrogens is 138 g/mol. The number of hydrogen-bond donors (Lipinski definition) is 2. The van der Waals surface area contributed by atoms with Crippen LogP contribution in [0.4, 0.5) is 0 Å². The minimum Gasteiger partial charge on any atom is -0.480 e. The lowest BCUT2D eigenvalue weighted by molar-refractivity contribution is -0.138. The van der Waals surface area contributed by atoms with Crippen molar-refractivity contribution in [3.8, 4) is 0 Å². The fourth-order valence-corrected chi connectivity index (χ4v) is 1.20. The van der Waals surface area contributed by atoms with Gasteiger partial charge in [0.15, 0.2) is 0 Å². The zero-order valence-electron chi connectivity index (χ0n) is 4.91. The summed E-state index contributed by atoms with van der Waals surface area (Å²) in [4.78, 5) is 10.1. The fourth-order valence-electron chi connectivity index (χ4n) is 0.588. The van der Waals surface area contributed by atoms with Gasteiger partial charge in [-0.15, -0.1) is 0 Å². The Labute approximate surface area is 57.6 Å². The Morgan fingerprint density at radius 2 is 2.56 bits per heavy atom. The molecule has 4 heteroatoms. The van der Waals surface area contributed by atoms with Crippen LogP contribution in [0.25, 0.3) is 0 Å². The van der Waals surface area contributed by atoms with E-state index in [1.54, 1.807) is 11.8 Å². The van der Waals surface area contributed by atoms with Crippen LogP contribution in [0.2, 0.25) is 0 Å². The molecule has 1 aliphatic heterocycles. The van der Waals surface area contributed by atoms with E-state index in [1.807, 2.05) is 0 Å². The van der Waals surface area contributed by atoms with Gasteiger partial charge in [0.25, 0.3) is 0 Å². The molecule has 0 aromatic carbocycles. The van der Waals surface area contributed by atoms with Gasteiger partial charge in [-0.3, -0.25) is 4.79 Å². The fraction of sp³-hybridized carbons (Fsp3) is 0.800. The van der Waals surface area contributed by atoms with Crippen molar-refractivity contribution in [3.05, 3.63) is 0 Å². The van der Waals surface area contributed by atoms with Gasteiger partial charge in [0.05, 0.1) is 0 Å². The van der Waals surface area contributed by atoms with Crippen molar-refractivity contribution in [3.63, 3.8) is 0 Å². The summed E-state index contributed by atoms with van der Waals surface area (Å²) in [6.07, 6.45) is 0.625. The molecule has 0 saturated carbocycles. The molecule has 52 valence electrons. The Balaban J connectivity index is 2.16. The molecule has 0 aliphatic carbocycles. The number of carboxylic acids is 1. The van der Waals surface area contributed by atoms with Crippen molar-refractivity contribution < 1.29 is 9.90 Å². The van der Waals surface area contributed by atoms with Gasteiger partial charge in [-0.05, 0) is 6.42 Å². The molecule has 0 bridgehead atoms. The van der Waals surface area contributed by atoms with Crippen molar-refractivity contribution in [2.45, 2.75) is 17.7 Å². The number of carboxylic acid groups (broad SMARTS) is 1. The van der Waals surface area contributed by atoms with Crippen molar-refractivity contribution in [1.29, 1.82) is 0 Å². The predicted molar refractivity (Wildman–Crippen MR) is 36.5 cm³/mol. The summed E-state index contributed by atoms with van der Waals surface area (Å²) in [7, 11) is 0.